The number of rotatable bonds is 2. The molecule has 0 N–H and O–H groups in total. The predicted octanol–water partition coefficient (Wildman–Crippen LogP) is 3.40. The first kappa shape index (κ1) is 10.0. The molecule has 0 aliphatic heterocycles. The number of carbonyl (C=O) groups is 1. The Kier molecular flexibility index (Phi) is 3.26. The van der Waals surface area contributed by atoms with Crippen molar-refractivity contribution in [1.29, 1.82) is 0 Å². The minimum Gasteiger partial charge on any atom is -0.288 e. The standard InChI is InChI=1S/C11H11ClO/c1-8(2)10(12)11(13)9-6-4-3-5-7-9/h3-7H,1-2H3. The molecule has 0 spiro atoms. The molecule has 0 aliphatic carbocycles. The highest BCUT2D eigenvalue weighted by molar-refractivity contribution is 6.45. The zero-order chi connectivity index (χ0) is 9.84. The molecule has 1 aromatic rings. The lowest BCUT2D eigenvalue weighted by Gasteiger charge is -2.00. The largest absolute Gasteiger partial charge is 0.288 e. The topological polar surface area (TPSA) is 17.1 Å². The smallest absolute Gasteiger partial charge is 0.204 e. The van der Waals surface area contributed by atoms with Crippen LogP contribution in [0.2, 0.25) is 0 Å². The van der Waals surface area contributed by atoms with E-state index >= 15 is 0 Å². The summed E-state index contributed by atoms with van der Waals surface area (Å²) in [5.41, 5.74) is 1.48. The summed E-state index contributed by atoms with van der Waals surface area (Å²) in [6, 6.07) is 9.03. The lowest BCUT2D eigenvalue weighted by molar-refractivity contribution is 0.104. The highest BCUT2D eigenvalue weighted by atomic mass is 35.5. The van der Waals surface area contributed by atoms with Gasteiger partial charge in [0.15, 0.2) is 0 Å². The van der Waals surface area contributed by atoms with Gasteiger partial charge in [-0.25, -0.2) is 0 Å². The Morgan fingerprint density at radius 1 is 1.15 bits per heavy atom. The van der Waals surface area contributed by atoms with Gasteiger partial charge in [0, 0.05) is 5.56 Å². The van der Waals surface area contributed by atoms with Crippen LogP contribution in [0.15, 0.2) is 40.9 Å². The lowest BCUT2D eigenvalue weighted by Crippen LogP contribution is -1.99. The van der Waals surface area contributed by atoms with Crippen LogP contribution in [-0.4, -0.2) is 5.78 Å². The van der Waals surface area contributed by atoms with Gasteiger partial charge >= 0.3 is 0 Å². The number of Topliss-reactive ketones (excluding diaryl/α,β-unsaturated/α-hetero) is 1. The van der Waals surface area contributed by atoms with Crippen molar-refractivity contribution in [1.82, 2.24) is 0 Å². The molecular weight excluding hydrogens is 184 g/mol. The zero-order valence-electron chi connectivity index (χ0n) is 7.67. The van der Waals surface area contributed by atoms with Gasteiger partial charge in [0.25, 0.3) is 0 Å². The van der Waals surface area contributed by atoms with Crippen LogP contribution in [0, 0.1) is 0 Å². The Morgan fingerprint density at radius 3 is 2.15 bits per heavy atom. The number of halogens is 1. The fourth-order valence-corrected chi connectivity index (χ4v) is 1.05. The van der Waals surface area contributed by atoms with Gasteiger partial charge < -0.3 is 0 Å². The summed E-state index contributed by atoms with van der Waals surface area (Å²) in [5.74, 6) is -0.109. The highest BCUT2D eigenvalue weighted by Crippen LogP contribution is 2.15. The fraction of sp³-hybridized carbons (Fsp3) is 0.182. The van der Waals surface area contributed by atoms with Crippen molar-refractivity contribution in [3.8, 4) is 0 Å². The van der Waals surface area contributed by atoms with Crippen LogP contribution in [-0.2, 0) is 0 Å². The van der Waals surface area contributed by atoms with Gasteiger partial charge in [0.2, 0.25) is 5.78 Å². The van der Waals surface area contributed by atoms with Crippen molar-refractivity contribution < 1.29 is 4.79 Å². The molecule has 68 valence electrons. The maximum atomic E-state index is 11.6. The predicted molar refractivity (Wildman–Crippen MR) is 55.0 cm³/mol. The minimum atomic E-state index is -0.109. The van der Waals surface area contributed by atoms with E-state index in [2.05, 4.69) is 0 Å². The van der Waals surface area contributed by atoms with Crippen LogP contribution in [0.1, 0.15) is 24.2 Å². The molecule has 0 bridgehead atoms. The fourth-order valence-electron chi connectivity index (χ4n) is 0.943. The van der Waals surface area contributed by atoms with Gasteiger partial charge in [-0.05, 0) is 13.8 Å². The van der Waals surface area contributed by atoms with E-state index < -0.39 is 0 Å². The van der Waals surface area contributed by atoms with E-state index in [4.69, 9.17) is 11.6 Å². The molecule has 0 aromatic heterocycles. The van der Waals surface area contributed by atoms with Gasteiger partial charge in [-0.1, -0.05) is 47.5 Å². The van der Waals surface area contributed by atoms with Crippen molar-refractivity contribution in [3.05, 3.63) is 46.5 Å². The Balaban J connectivity index is 3.00. The zero-order valence-corrected chi connectivity index (χ0v) is 8.43. The van der Waals surface area contributed by atoms with Crippen LogP contribution >= 0.6 is 11.6 Å². The van der Waals surface area contributed by atoms with E-state index in [0.717, 1.165) is 5.57 Å². The van der Waals surface area contributed by atoms with E-state index in [-0.39, 0.29) is 5.78 Å². The van der Waals surface area contributed by atoms with Gasteiger partial charge in [0.1, 0.15) is 0 Å². The molecule has 0 saturated carbocycles. The van der Waals surface area contributed by atoms with E-state index in [0.29, 0.717) is 10.6 Å². The molecule has 1 aromatic carbocycles. The molecule has 13 heavy (non-hydrogen) atoms. The maximum absolute atomic E-state index is 11.6. The second kappa shape index (κ2) is 4.24. The summed E-state index contributed by atoms with van der Waals surface area (Å²) < 4.78 is 0. The average molecular weight is 195 g/mol. The van der Waals surface area contributed by atoms with Gasteiger partial charge in [0.05, 0.1) is 5.03 Å². The summed E-state index contributed by atoms with van der Waals surface area (Å²) in [4.78, 5) is 11.6. The second-order valence-electron chi connectivity index (χ2n) is 3.01. The third-order valence-electron chi connectivity index (χ3n) is 1.67. The first-order valence-electron chi connectivity index (χ1n) is 4.05. The Bertz CT molecular complexity index is 334. The molecule has 0 fully saturated rings. The summed E-state index contributed by atoms with van der Waals surface area (Å²) in [5, 5.41) is 0.311. The quantitative estimate of drug-likeness (QED) is 0.521. The van der Waals surface area contributed by atoms with Gasteiger partial charge in [-0.2, -0.15) is 0 Å². The van der Waals surface area contributed by atoms with Crippen LogP contribution in [0.4, 0.5) is 0 Å². The number of hydrogen-bond acceptors (Lipinski definition) is 1. The summed E-state index contributed by atoms with van der Waals surface area (Å²) in [7, 11) is 0. The molecule has 0 saturated heterocycles. The Hall–Kier alpha value is -1.08. The number of ketones is 1. The average Bonchev–Trinajstić information content (AvgIpc) is 2.17. The monoisotopic (exact) mass is 194 g/mol. The number of hydrogen-bond donors (Lipinski definition) is 0. The van der Waals surface area contributed by atoms with Crippen LogP contribution < -0.4 is 0 Å². The number of benzene rings is 1. The molecular formula is C11H11ClO. The molecule has 0 heterocycles. The minimum absolute atomic E-state index is 0.109. The van der Waals surface area contributed by atoms with Crippen LogP contribution in [0.5, 0.6) is 0 Å². The van der Waals surface area contributed by atoms with Crippen molar-refractivity contribution in [2.45, 2.75) is 13.8 Å². The van der Waals surface area contributed by atoms with E-state index in [1.165, 1.54) is 0 Å². The first-order valence-corrected chi connectivity index (χ1v) is 4.43. The van der Waals surface area contributed by atoms with E-state index in [1.54, 1.807) is 12.1 Å². The Morgan fingerprint density at radius 2 is 1.69 bits per heavy atom. The lowest BCUT2D eigenvalue weighted by atomic mass is 10.1. The Labute approximate surface area is 83.0 Å². The number of carbonyl (C=O) groups excluding carboxylic acids is 1. The second-order valence-corrected chi connectivity index (χ2v) is 3.39. The first-order chi connectivity index (χ1) is 6.13. The molecule has 1 nitrogen and oxygen atoms in total. The van der Waals surface area contributed by atoms with Crippen molar-refractivity contribution in [2.24, 2.45) is 0 Å². The SMILES string of the molecule is CC(C)=C(Cl)C(=O)c1ccccc1. The molecule has 0 amide bonds. The van der Waals surface area contributed by atoms with E-state index in [9.17, 15) is 4.79 Å². The highest BCUT2D eigenvalue weighted by Gasteiger charge is 2.09. The van der Waals surface area contributed by atoms with Crippen molar-refractivity contribution in [3.63, 3.8) is 0 Å². The summed E-state index contributed by atoms with van der Waals surface area (Å²) in [6.45, 7) is 3.65. The molecule has 0 radical (unpaired) electrons. The molecule has 0 unspecified atom stereocenters. The number of allylic oxidation sites excluding steroid dienone is 2. The van der Waals surface area contributed by atoms with Crippen molar-refractivity contribution in [2.75, 3.05) is 0 Å². The van der Waals surface area contributed by atoms with Crippen LogP contribution in [0.25, 0.3) is 0 Å². The van der Waals surface area contributed by atoms with Gasteiger partial charge in [-0.15, -0.1) is 0 Å². The maximum Gasteiger partial charge on any atom is 0.204 e. The third-order valence-corrected chi connectivity index (χ3v) is 2.22. The van der Waals surface area contributed by atoms with E-state index in [1.807, 2.05) is 32.0 Å². The van der Waals surface area contributed by atoms with Crippen molar-refractivity contribution >= 4 is 17.4 Å². The molecule has 0 atom stereocenters. The van der Waals surface area contributed by atoms with Crippen LogP contribution in [0.3, 0.4) is 0 Å². The summed E-state index contributed by atoms with van der Waals surface area (Å²) >= 11 is 5.83. The molecule has 0 aliphatic rings. The normalized spacial score (nSPS) is 9.46. The third kappa shape index (κ3) is 2.43. The molecule has 2 heteroatoms. The molecule has 1 rings (SSSR count). The van der Waals surface area contributed by atoms with Gasteiger partial charge in [-0.3, -0.25) is 4.79 Å². The summed E-state index contributed by atoms with van der Waals surface area (Å²) in [6.07, 6.45) is 0.